The molecule has 41 heavy (non-hydrogen) atoms. The van der Waals surface area contributed by atoms with Crippen LogP contribution in [0.4, 0.5) is 0 Å². The Hall–Kier alpha value is -3.07. The maximum absolute atomic E-state index is 12.4. The number of nitrogens with zero attached hydrogens (tertiary/aromatic N) is 1. The highest BCUT2D eigenvalue weighted by Crippen LogP contribution is 2.23. The Morgan fingerprint density at radius 2 is 1.76 bits per heavy atom. The number of aldehydes is 1. The van der Waals surface area contributed by atoms with Crippen LogP contribution in [0.5, 0.6) is 5.75 Å². The Kier molecular flexibility index (Phi) is 15.5. The molecule has 0 aliphatic carbocycles. The average molecular weight is 575 g/mol. The lowest BCUT2D eigenvalue weighted by molar-refractivity contribution is -0.161. The monoisotopic (exact) mass is 574 g/mol. The lowest BCUT2D eigenvalue weighted by atomic mass is 9.94. The highest BCUT2D eigenvalue weighted by atomic mass is 16.6. The van der Waals surface area contributed by atoms with E-state index in [1.165, 1.54) is 6.92 Å². The van der Waals surface area contributed by atoms with Gasteiger partial charge in [-0.1, -0.05) is 20.8 Å². The van der Waals surface area contributed by atoms with Gasteiger partial charge in [0.05, 0.1) is 5.92 Å². The maximum Gasteiger partial charge on any atom is 0.309 e. The predicted octanol–water partition coefficient (Wildman–Crippen LogP) is 4.92. The normalized spacial score (nSPS) is 18.5. The lowest BCUT2D eigenvalue weighted by Crippen LogP contribution is -2.40. The van der Waals surface area contributed by atoms with Crippen LogP contribution in [0.2, 0.25) is 0 Å². The van der Waals surface area contributed by atoms with E-state index >= 15 is 0 Å². The molecule has 2 unspecified atom stereocenters. The fourth-order valence-corrected chi connectivity index (χ4v) is 4.33. The van der Waals surface area contributed by atoms with E-state index in [2.05, 4.69) is 10.2 Å². The number of esters is 1. The molecule has 2 heterocycles. The van der Waals surface area contributed by atoms with Gasteiger partial charge in [0, 0.05) is 30.4 Å². The molecule has 9 heteroatoms. The minimum atomic E-state index is -0.422. The van der Waals surface area contributed by atoms with Gasteiger partial charge in [0.25, 0.3) is 0 Å². The summed E-state index contributed by atoms with van der Waals surface area (Å²) in [5.41, 5.74) is 1.33. The molecule has 2 atom stereocenters. The van der Waals surface area contributed by atoms with Gasteiger partial charge in [0.15, 0.2) is 5.78 Å². The van der Waals surface area contributed by atoms with Crippen molar-refractivity contribution >= 4 is 29.9 Å². The van der Waals surface area contributed by atoms with Crippen LogP contribution in [0.1, 0.15) is 96.5 Å². The van der Waals surface area contributed by atoms with E-state index in [-0.39, 0.29) is 41.3 Å². The standard InChI is InChI=1S/C24H37NO4.C6H9NO2.C2H4O/c1-7-17(2)22(26)21-9-8-20(16-18(21)3)28-15-14-25-12-10-19(11-13-25)23(27)29-24(4,5)6;1-4-2-3-5(8)7-6(4)9;1-2-3/h8-9,16-17,19H,7,10-15H2,1-6H3;4H,2-3H2,1H3,(H,7,8,9);2H,1H3. The van der Waals surface area contributed by atoms with Gasteiger partial charge in [-0.3, -0.25) is 29.4 Å². The molecule has 2 amide bonds. The van der Waals surface area contributed by atoms with Gasteiger partial charge in [-0.05, 0) is 97.2 Å². The lowest BCUT2D eigenvalue weighted by Gasteiger charge is -2.32. The highest BCUT2D eigenvalue weighted by Gasteiger charge is 2.29. The number of benzene rings is 1. The summed E-state index contributed by atoms with van der Waals surface area (Å²) >= 11 is 0. The van der Waals surface area contributed by atoms with Crippen LogP contribution in [-0.4, -0.2) is 66.6 Å². The summed E-state index contributed by atoms with van der Waals surface area (Å²) in [5.74, 6) is 0.716. The molecule has 1 aromatic carbocycles. The van der Waals surface area contributed by atoms with E-state index < -0.39 is 5.60 Å². The molecule has 3 rings (SSSR count). The van der Waals surface area contributed by atoms with E-state index in [1.54, 1.807) is 0 Å². The van der Waals surface area contributed by atoms with Gasteiger partial charge in [-0.15, -0.1) is 0 Å². The number of imide groups is 1. The SMILES string of the molecule is CC1CCC(=O)NC1=O.CC=O.CCC(C)C(=O)c1ccc(OCCN2CCC(C(=O)OC(C)(C)C)CC2)cc1C. The molecule has 9 nitrogen and oxygen atoms in total. The average Bonchev–Trinajstić information content (AvgIpc) is 2.90. The van der Waals surface area contributed by atoms with E-state index in [0.717, 1.165) is 62.1 Å². The number of likely N-dealkylation sites (tertiary alicyclic amines) is 1. The molecule has 2 saturated heterocycles. The topological polar surface area (TPSA) is 119 Å². The summed E-state index contributed by atoms with van der Waals surface area (Å²) in [6.45, 7) is 18.1. The first-order valence-electron chi connectivity index (χ1n) is 14.7. The quantitative estimate of drug-likeness (QED) is 0.201. The van der Waals surface area contributed by atoms with Gasteiger partial charge in [0.2, 0.25) is 11.8 Å². The number of carbonyl (C=O) groups is 5. The van der Waals surface area contributed by atoms with Crippen molar-refractivity contribution in [1.82, 2.24) is 10.2 Å². The number of Topliss-reactive ketones (excluding diaryl/α,β-unsaturated/α-hetero) is 1. The fourth-order valence-electron chi connectivity index (χ4n) is 4.33. The zero-order chi connectivity index (χ0) is 31.2. The van der Waals surface area contributed by atoms with Crippen molar-refractivity contribution in [3.63, 3.8) is 0 Å². The number of hydrogen-bond acceptors (Lipinski definition) is 8. The molecule has 0 bridgehead atoms. The van der Waals surface area contributed by atoms with E-state index in [9.17, 15) is 19.2 Å². The number of ether oxygens (including phenoxy) is 2. The smallest absolute Gasteiger partial charge is 0.309 e. The van der Waals surface area contributed by atoms with Crippen molar-refractivity contribution in [2.24, 2.45) is 17.8 Å². The first kappa shape index (κ1) is 36.0. The zero-order valence-corrected chi connectivity index (χ0v) is 26.2. The van der Waals surface area contributed by atoms with Gasteiger partial charge in [-0.25, -0.2) is 0 Å². The van der Waals surface area contributed by atoms with E-state index in [4.69, 9.17) is 14.3 Å². The molecule has 0 saturated carbocycles. The van der Waals surface area contributed by atoms with Crippen molar-refractivity contribution in [3.05, 3.63) is 29.3 Å². The Morgan fingerprint density at radius 3 is 2.24 bits per heavy atom. The number of aryl methyl sites for hydroxylation is 1. The summed E-state index contributed by atoms with van der Waals surface area (Å²) in [6.07, 6.45) is 4.46. The van der Waals surface area contributed by atoms with Crippen LogP contribution < -0.4 is 10.1 Å². The largest absolute Gasteiger partial charge is 0.492 e. The predicted molar refractivity (Wildman–Crippen MR) is 159 cm³/mol. The van der Waals surface area contributed by atoms with Crippen LogP contribution in [0.3, 0.4) is 0 Å². The Bertz CT molecular complexity index is 1020. The molecule has 230 valence electrons. The van der Waals surface area contributed by atoms with Crippen molar-refractivity contribution in [2.45, 2.75) is 93.1 Å². The first-order chi connectivity index (χ1) is 19.2. The van der Waals surface area contributed by atoms with Crippen LogP contribution in [0.15, 0.2) is 18.2 Å². The summed E-state index contributed by atoms with van der Waals surface area (Å²) in [6, 6.07) is 5.72. The molecule has 0 radical (unpaired) electrons. The summed E-state index contributed by atoms with van der Waals surface area (Å²) in [5, 5.41) is 2.25. The fraction of sp³-hybridized carbons (Fsp3) is 0.656. The van der Waals surface area contributed by atoms with Gasteiger partial charge < -0.3 is 14.3 Å². The molecular weight excluding hydrogens is 524 g/mol. The minimum absolute atomic E-state index is 0.00429. The molecule has 1 aromatic rings. The summed E-state index contributed by atoms with van der Waals surface area (Å²) < 4.78 is 11.4. The van der Waals surface area contributed by atoms with E-state index in [0.29, 0.717) is 19.4 Å². The third-order valence-electron chi connectivity index (χ3n) is 7.04. The zero-order valence-electron chi connectivity index (χ0n) is 26.2. The van der Waals surface area contributed by atoms with Gasteiger partial charge in [-0.2, -0.15) is 0 Å². The molecular formula is C32H50N2O7. The first-order valence-corrected chi connectivity index (χ1v) is 14.7. The second kappa shape index (κ2) is 17.7. The molecule has 0 aromatic heterocycles. The Morgan fingerprint density at radius 1 is 1.15 bits per heavy atom. The van der Waals surface area contributed by atoms with Crippen LogP contribution >= 0.6 is 0 Å². The number of amides is 2. The third-order valence-corrected chi connectivity index (χ3v) is 7.04. The molecule has 1 N–H and O–H groups in total. The number of hydrogen-bond donors (Lipinski definition) is 1. The molecule has 2 fully saturated rings. The van der Waals surface area contributed by atoms with Gasteiger partial charge in [0.1, 0.15) is 24.2 Å². The third kappa shape index (κ3) is 13.4. The molecule has 2 aliphatic heterocycles. The number of rotatable bonds is 8. The number of piperidine rings is 2. The second-order valence-electron chi connectivity index (χ2n) is 11.7. The van der Waals surface area contributed by atoms with E-state index in [1.807, 2.05) is 66.7 Å². The van der Waals surface area contributed by atoms with Crippen LogP contribution in [0.25, 0.3) is 0 Å². The summed E-state index contributed by atoms with van der Waals surface area (Å²) in [7, 11) is 0. The van der Waals surface area contributed by atoms with Crippen LogP contribution in [-0.2, 0) is 23.9 Å². The summed E-state index contributed by atoms with van der Waals surface area (Å²) in [4.78, 5) is 56.9. The van der Waals surface area contributed by atoms with Crippen molar-refractivity contribution in [3.8, 4) is 5.75 Å². The molecule has 2 aliphatic rings. The van der Waals surface area contributed by atoms with Gasteiger partial charge >= 0.3 is 5.97 Å². The minimum Gasteiger partial charge on any atom is -0.492 e. The Balaban J connectivity index is 0.000000581. The Labute approximate surface area is 245 Å². The number of ketones is 1. The number of carbonyl (C=O) groups excluding carboxylic acids is 5. The highest BCUT2D eigenvalue weighted by molar-refractivity contribution is 5.99. The molecule has 0 spiro atoms. The van der Waals surface area contributed by atoms with Crippen LogP contribution in [0, 0.1) is 24.7 Å². The van der Waals surface area contributed by atoms with Crippen molar-refractivity contribution in [2.75, 3.05) is 26.2 Å². The van der Waals surface area contributed by atoms with Crippen molar-refractivity contribution < 1.29 is 33.4 Å². The van der Waals surface area contributed by atoms with Crippen molar-refractivity contribution in [1.29, 1.82) is 0 Å². The number of nitrogens with one attached hydrogen (secondary N) is 1. The maximum atomic E-state index is 12.4. The second-order valence-corrected chi connectivity index (χ2v) is 11.7.